The Hall–Kier alpha value is -1.59. The minimum Gasteiger partial charge on any atom is -0.383 e. The van der Waals surface area contributed by atoms with Crippen molar-refractivity contribution < 1.29 is 5.11 Å². The summed E-state index contributed by atoms with van der Waals surface area (Å²) in [5.41, 5.74) is 0.866. The maximum atomic E-state index is 9.47. The minimum atomic E-state index is -0.865. The maximum Gasteiger partial charge on any atom is 0.113 e. The minimum absolute atomic E-state index is 0.168. The van der Waals surface area contributed by atoms with Crippen LogP contribution in [-0.2, 0) is 0 Å². The number of nitrogens with zero attached hydrogens (tertiary/aromatic N) is 1. The Morgan fingerprint density at radius 1 is 1.42 bits per heavy atom. The monoisotopic (exact) mass is 159 g/mol. The summed E-state index contributed by atoms with van der Waals surface area (Å²) in [6, 6.07) is 10.8. The molecular formula is C10H9NO. The third-order valence-electron chi connectivity index (χ3n) is 1.59. The molecule has 60 valence electrons. The lowest BCUT2D eigenvalue weighted by Gasteiger charge is -2.07. The number of aliphatic hydroxyl groups is 1. The third kappa shape index (κ3) is 1.71. The SMILES string of the molecule is C=C(C#N)[C@H](O)c1ccccc1. The van der Waals surface area contributed by atoms with E-state index in [9.17, 15) is 5.11 Å². The van der Waals surface area contributed by atoms with Gasteiger partial charge >= 0.3 is 0 Å². The van der Waals surface area contributed by atoms with Gasteiger partial charge in [-0.3, -0.25) is 0 Å². The molecule has 1 aromatic rings. The van der Waals surface area contributed by atoms with Crippen LogP contribution in [0.2, 0.25) is 0 Å². The summed E-state index contributed by atoms with van der Waals surface area (Å²) >= 11 is 0. The van der Waals surface area contributed by atoms with Gasteiger partial charge in [0.1, 0.15) is 6.10 Å². The van der Waals surface area contributed by atoms with Crippen LogP contribution in [0.15, 0.2) is 42.5 Å². The molecule has 0 bridgehead atoms. The first-order chi connectivity index (χ1) is 5.75. The Morgan fingerprint density at radius 3 is 2.50 bits per heavy atom. The van der Waals surface area contributed by atoms with Crippen molar-refractivity contribution in [2.75, 3.05) is 0 Å². The van der Waals surface area contributed by atoms with Gasteiger partial charge in [-0.25, -0.2) is 0 Å². The van der Waals surface area contributed by atoms with Crippen LogP contribution in [-0.4, -0.2) is 5.11 Å². The molecule has 0 spiro atoms. The first-order valence-corrected chi connectivity index (χ1v) is 3.57. The van der Waals surface area contributed by atoms with E-state index in [1.54, 1.807) is 12.1 Å². The summed E-state index contributed by atoms with van der Waals surface area (Å²) in [6.07, 6.45) is -0.865. The number of benzene rings is 1. The van der Waals surface area contributed by atoms with E-state index in [1.807, 2.05) is 24.3 Å². The Balaban J connectivity index is 2.87. The van der Waals surface area contributed by atoms with Crippen LogP contribution in [0.1, 0.15) is 11.7 Å². The van der Waals surface area contributed by atoms with E-state index in [1.165, 1.54) is 0 Å². The molecule has 0 radical (unpaired) electrons. The van der Waals surface area contributed by atoms with Crippen molar-refractivity contribution in [2.45, 2.75) is 6.10 Å². The number of hydrogen-bond acceptors (Lipinski definition) is 2. The van der Waals surface area contributed by atoms with Gasteiger partial charge in [0, 0.05) is 0 Å². The summed E-state index contributed by atoms with van der Waals surface area (Å²) in [5, 5.41) is 17.9. The molecule has 0 heterocycles. The van der Waals surface area contributed by atoms with Crippen LogP contribution in [0.4, 0.5) is 0 Å². The molecule has 0 amide bonds. The topological polar surface area (TPSA) is 44.0 Å². The Labute approximate surface area is 71.4 Å². The summed E-state index contributed by atoms with van der Waals surface area (Å²) in [5.74, 6) is 0. The molecule has 1 N–H and O–H groups in total. The summed E-state index contributed by atoms with van der Waals surface area (Å²) < 4.78 is 0. The average molecular weight is 159 g/mol. The van der Waals surface area contributed by atoms with E-state index in [2.05, 4.69) is 6.58 Å². The molecule has 1 atom stereocenters. The van der Waals surface area contributed by atoms with Gasteiger partial charge in [0.05, 0.1) is 11.6 Å². The highest BCUT2D eigenvalue weighted by Crippen LogP contribution is 2.18. The first-order valence-electron chi connectivity index (χ1n) is 3.57. The van der Waals surface area contributed by atoms with E-state index in [0.717, 1.165) is 0 Å². The Bertz CT molecular complexity index is 310. The molecule has 0 saturated carbocycles. The fourth-order valence-corrected chi connectivity index (χ4v) is 0.898. The van der Waals surface area contributed by atoms with E-state index in [-0.39, 0.29) is 5.57 Å². The predicted molar refractivity (Wildman–Crippen MR) is 46.2 cm³/mol. The van der Waals surface area contributed by atoms with Crippen LogP contribution in [0, 0.1) is 11.3 Å². The molecule has 12 heavy (non-hydrogen) atoms. The highest BCUT2D eigenvalue weighted by Gasteiger charge is 2.09. The molecule has 0 fully saturated rings. The lowest BCUT2D eigenvalue weighted by Crippen LogP contribution is -1.97. The van der Waals surface area contributed by atoms with Gasteiger partial charge in [-0.1, -0.05) is 36.9 Å². The van der Waals surface area contributed by atoms with Crippen molar-refractivity contribution in [3.05, 3.63) is 48.0 Å². The van der Waals surface area contributed by atoms with E-state index in [4.69, 9.17) is 5.26 Å². The zero-order valence-corrected chi connectivity index (χ0v) is 6.57. The van der Waals surface area contributed by atoms with Gasteiger partial charge in [-0.05, 0) is 5.56 Å². The quantitative estimate of drug-likeness (QED) is 0.668. The van der Waals surface area contributed by atoms with E-state index < -0.39 is 6.10 Å². The van der Waals surface area contributed by atoms with Gasteiger partial charge in [0.2, 0.25) is 0 Å². The number of rotatable bonds is 2. The second kappa shape index (κ2) is 3.70. The fraction of sp³-hybridized carbons (Fsp3) is 0.100. The van der Waals surface area contributed by atoms with Gasteiger partial charge in [-0.15, -0.1) is 0 Å². The molecule has 0 unspecified atom stereocenters. The van der Waals surface area contributed by atoms with Gasteiger partial charge in [-0.2, -0.15) is 5.26 Å². The average Bonchev–Trinajstić information content (AvgIpc) is 2.17. The molecule has 0 aliphatic carbocycles. The van der Waals surface area contributed by atoms with E-state index >= 15 is 0 Å². The van der Waals surface area contributed by atoms with Crippen molar-refractivity contribution in [1.29, 1.82) is 5.26 Å². The first kappa shape index (κ1) is 8.51. The van der Waals surface area contributed by atoms with Crippen LogP contribution in [0.25, 0.3) is 0 Å². The summed E-state index contributed by atoms with van der Waals surface area (Å²) in [6.45, 7) is 3.44. The molecule has 0 aliphatic heterocycles. The summed E-state index contributed by atoms with van der Waals surface area (Å²) in [4.78, 5) is 0. The zero-order valence-electron chi connectivity index (χ0n) is 6.57. The molecule has 0 aromatic heterocycles. The highest BCUT2D eigenvalue weighted by atomic mass is 16.3. The lowest BCUT2D eigenvalue weighted by molar-refractivity contribution is 0.221. The van der Waals surface area contributed by atoms with Crippen molar-refractivity contribution in [3.63, 3.8) is 0 Å². The van der Waals surface area contributed by atoms with Crippen molar-refractivity contribution in [1.82, 2.24) is 0 Å². The molecule has 1 aromatic carbocycles. The smallest absolute Gasteiger partial charge is 0.113 e. The number of aliphatic hydroxyl groups excluding tert-OH is 1. The van der Waals surface area contributed by atoms with Crippen LogP contribution in [0.5, 0.6) is 0 Å². The van der Waals surface area contributed by atoms with Crippen LogP contribution in [0.3, 0.4) is 0 Å². The third-order valence-corrected chi connectivity index (χ3v) is 1.59. The highest BCUT2D eigenvalue weighted by molar-refractivity contribution is 5.31. The van der Waals surface area contributed by atoms with Crippen molar-refractivity contribution >= 4 is 0 Å². The standard InChI is InChI=1S/C10H9NO/c1-8(7-11)10(12)9-5-3-2-4-6-9/h2-6,10,12H,1H2/t10-/m0/s1. The fourth-order valence-electron chi connectivity index (χ4n) is 0.898. The molecule has 0 aliphatic rings. The van der Waals surface area contributed by atoms with E-state index in [0.29, 0.717) is 5.56 Å². The second-order valence-corrected chi connectivity index (χ2v) is 2.45. The molecule has 0 saturated heterocycles. The van der Waals surface area contributed by atoms with Gasteiger partial charge in [0.25, 0.3) is 0 Å². The molecule has 1 rings (SSSR count). The van der Waals surface area contributed by atoms with Crippen molar-refractivity contribution in [3.8, 4) is 6.07 Å². The van der Waals surface area contributed by atoms with Crippen molar-refractivity contribution in [2.24, 2.45) is 0 Å². The Kier molecular flexibility index (Phi) is 2.62. The lowest BCUT2D eigenvalue weighted by atomic mass is 10.0. The Morgan fingerprint density at radius 2 is 2.00 bits per heavy atom. The van der Waals surface area contributed by atoms with Crippen LogP contribution >= 0.6 is 0 Å². The number of hydrogen-bond donors (Lipinski definition) is 1. The van der Waals surface area contributed by atoms with Gasteiger partial charge < -0.3 is 5.11 Å². The second-order valence-electron chi connectivity index (χ2n) is 2.45. The predicted octanol–water partition coefficient (Wildman–Crippen LogP) is 1.80. The normalized spacial score (nSPS) is 11.7. The number of nitriles is 1. The molecule has 2 nitrogen and oxygen atoms in total. The maximum absolute atomic E-state index is 9.47. The largest absolute Gasteiger partial charge is 0.383 e. The molecule has 2 heteroatoms. The van der Waals surface area contributed by atoms with Gasteiger partial charge in [0.15, 0.2) is 0 Å². The molecular weight excluding hydrogens is 150 g/mol. The summed E-state index contributed by atoms with van der Waals surface area (Å²) in [7, 11) is 0. The van der Waals surface area contributed by atoms with Crippen LogP contribution < -0.4 is 0 Å². The zero-order chi connectivity index (χ0) is 8.97.